The molecule has 1 aliphatic heterocycles. The van der Waals surface area contributed by atoms with E-state index in [9.17, 15) is 20.0 Å². The van der Waals surface area contributed by atoms with Crippen LogP contribution in [-0.2, 0) is 11.3 Å². The molecule has 0 amide bonds. The van der Waals surface area contributed by atoms with Gasteiger partial charge in [-0.05, 0) is 37.6 Å². The number of carboxylic acids is 1. The molecule has 0 saturated carbocycles. The second-order valence-electron chi connectivity index (χ2n) is 5.51. The van der Waals surface area contributed by atoms with E-state index >= 15 is 0 Å². The average Bonchev–Trinajstić information content (AvgIpc) is 3.17. The number of nitrogens with zero attached hydrogens (tertiary/aromatic N) is 2. The minimum Gasteiger partial charge on any atom is -0.480 e. The average molecular weight is 332 g/mol. The molecule has 1 N–H and O–H groups in total. The fourth-order valence-electron chi connectivity index (χ4n) is 2.94. The highest BCUT2D eigenvalue weighted by Crippen LogP contribution is 2.35. The molecule has 0 radical (unpaired) electrons. The highest BCUT2D eigenvalue weighted by atomic mass is 32.1. The van der Waals surface area contributed by atoms with Gasteiger partial charge in [0.05, 0.1) is 10.5 Å². The third-order valence-electron chi connectivity index (χ3n) is 4.04. The summed E-state index contributed by atoms with van der Waals surface area (Å²) < 4.78 is 0. The van der Waals surface area contributed by atoms with Gasteiger partial charge in [-0.1, -0.05) is 12.1 Å². The van der Waals surface area contributed by atoms with Crippen LogP contribution in [0.4, 0.5) is 5.69 Å². The smallest absolute Gasteiger partial charge is 0.320 e. The zero-order chi connectivity index (χ0) is 16.4. The fraction of sp³-hybridized carbons (Fsp3) is 0.312. The zero-order valence-electron chi connectivity index (χ0n) is 12.3. The maximum Gasteiger partial charge on any atom is 0.320 e. The standard InChI is InChI=1S/C16H16N2O4S/c19-16(20)14-6-3-9-17(14)10-11-7-8-15(23-11)12-4-1-2-5-13(12)18(21)22/h1-2,4-5,7-8,14H,3,6,9-10H2,(H,19,20). The summed E-state index contributed by atoms with van der Waals surface area (Å²) in [5, 5.41) is 20.4. The van der Waals surface area contributed by atoms with Crippen LogP contribution in [0.25, 0.3) is 10.4 Å². The number of nitro groups is 1. The molecule has 1 unspecified atom stereocenters. The van der Waals surface area contributed by atoms with Gasteiger partial charge in [0.2, 0.25) is 0 Å². The first-order chi connectivity index (χ1) is 11.1. The molecule has 23 heavy (non-hydrogen) atoms. The van der Waals surface area contributed by atoms with Crippen molar-refractivity contribution < 1.29 is 14.8 Å². The normalized spacial score (nSPS) is 18.2. The van der Waals surface area contributed by atoms with Crippen LogP contribution >= 0.6 is 11.3 Å². The van der Waals surface area contributed by atoms with Crippen LogP contribution in [-0.4, -0.2) is 33.5 Å². The predicted octanol–water partition coefficient (Wildman–Crippen LogP) is 3.37. The first kappa shape index (κ1) is 15.6. The lowest BCUT2D eigenvalue weighted by Crippen LogP contribution is -2.35. The Morgan fingerprint density at radius 2 is 2.13 bits per heavy atom. The number of carboxylic acid groups (broad SMARTS) is 1. The Labute approximate surface area is 137 Å². The van der Waals surface area contributed by atoms with E-state index in [2.05, 4.69) is 0 Å². The van der Waals surface area contributed by atoms with Crippen molar-refractivity contribution in [1.29, 1.82) is 0 Å². The lowest BCUT2D eigenvalue weighted by molar-refractivity contribution is -0.384. The van der Waals surface area contributed by atoms with Gasteiger partial charge < -0.3 is 5.11 Å². The third-order valence-corrected chi connectivity index (χ3v) is 5.14. The molecule has 0 aliphatic carbocycles. The lowest BCUT2D eigenvalue weighted by atomic mass is 10.1. The van der Waals surface area contributed by atoms with Gasteiger partial charge in [0.1, 0.15) is 6.04 Å². The van der Waals surface area contributed by atoms with Crippen LogP contribution in [0.1, 0.15) is 17.7 Å². The number of thiophene rings is 1. The number of aliphatic carboxylic acids is 1. The summed E-state index contributed by atoms with van der Waals surface area (Å²) in [4.78, 5) is 25.8. The molecule has 2 heterocycles. The van der Waals surface area contributed by atoms with E-state index in [1.807, 2.05) is 17.0 Å². The lowest BCUT2D eigenvalue weighted by Gasteiger charge is -2.19. The van der Waals surface area contributed by atoms with Gasteiger partial charge in [-0.15, -0.1) is 11.3 Å². The number of hydrogen-bond acceptors (Lipinski definition) is 5. The molecule has 1 fully saturated rings. The Hall–Kier alpha value is -2.25. The second kappa shape index (κ2) is 6.47. The van der Waals surface area contributed by atoms with Crippen molar-refractivity contribution in [2.75, 3.05) is 6.54 Å². The molecule has 1 aliphatic rings. The molecular weight excluding hydrogens is 316 g/mol. The Balaban J connectivity index is 1.82. The summed E-state index contributed by atoms with van der Waals surface area (Å²) in [6.45, 7) is 1.35. The van der Waals surface area contributed by atoms with Crippen molar-refractivity contribution in [3.8, 4) is 10.4 Å². The van der Waals surface area contributed by atoms with Crippen molar-refractivity contribution >= 4 is 23.0 Å². The molecule has 6 nitrogen and oxygen atoms in total. The summed E-state index contributed by atoms with van der Waals surface area (Å²) in [5.41, 5.74) is 0.690. The molecule has 7 heteroatoms. The van der Waals surface area contributed by atoms with Crippen molar-refractivity contribution in [3.05, 3.63) is 51.4 Å². The third kappa shape index (κ3) is 3.25. The van der Waals surface area contributed by atoms with Gasteiger partial charge in [-0.2, -0.15) is 0 Å². The van der Waals surface area contributed by atoms with Crippen LogP contribution in [0, 0.1) is 10.1 Å². The molecular formula is C16H16N2O4S. The number of nitro benzene ring substituents is 1. The number of hydrogen-bond donors (Lipinski definition) is 1. The maximum absolute atomic E-state index is 11.2. The first-order valence-electron chi connectivity index (χ1n) is 7.35. The van der Waals surface area contributed by atoms with Crippen molar-refractivity contribution in [3.63, 3.8) is 0 Å². The van der Waals surface area contributed by atoms with Crippen LogP contribution in [0.3, 0.4) is 0 Å². The molecule has 2 aromatic rings. The monoisotopic (exact) mass is 332 g/mol. The summed E-state index contributed by atoms with van der Waals surface area (Å²) in [6.07, 6.45) is 1.57. The number of para-hydroxylation sites is 1. The molecule has 3 rings (SSSR count). The van der Waals surface area contributed by atoms with Gasteiger partial charge in [0, 0.05) is 22.4 Å². The minimum atomic E-state index is -0.780. The van der Waals surface area contributed by atoms with Crippen molar-refractivity contribution in [2.24, 2.45) is 0 Å². The summed E-state index contributed by atoms with van der Waals surface area (Å²) in [5.74, 6) is -0.780. The van der Waals surface area contributed by atoms with E-state index in [1.165, 1.54) is 17.4 Å². The SMILES string of the molecule is O=C(O)C1CCCN1Cc1ccc(-c2ccccc2[N+](=O)[O-])s1. The topological polar surface area (TPSA) is 83.7 Å². The van der Waals surface area contributed by atoms with Crippen molar-refractivity contribution in [2.45, 2.75) is 25.4 Å². The van der Waals surface area contributed by atoms with Crippen LogP contribution < -0.4 is 0 Å². The summed E-state index contributed by atoms with van der Waals surface area (Å²) >= 11 is 1.48. The van der Waals surface area contributed by atoms with Gasteiger partial charge in [-0.3, -0.25) is 19.8 Å². The van der Waals surface area contributed by atoms with Gasteiger partial charge in [0.15, 0.2) is 0 Å². The highest BCUT2D eigenvalue weighted by Gasteiger charge is 2.30. The number of benzene rings is 1. The second-order valence-corrected chi connectivity index (χ2v) is 6.68. The van der Waals surface area contributed by atoms with Crippen LogP contribution in [0.15, 0.2) is 36.4 Å². The van der Waals surface area contributed by atoms with Gasteiger partial charge in [-0.25, -0.2) is 0 Å². The quantitative estimate of drug-likeness (QED) is 0.670. The number of rotatable bonds is 5. The van der Waals surface area contributed by atoms with E-state index in [0.29, 0.717) is 18.5 Å². The number of carbonyl (C=O) groups is 1. The Morgan fingerprint density at radius 1 is 1.35 bits per heavy atom. The van der Waals surface area contributed by atoms with Gasteiger partial charge in [0.25, 0.3) is 5.69 Å². The molecule has 1 aromatic carbocycles. The van der Waals surface area contributed by atoms with Crippen LogP contribution in [0.5, 0.6) is 0 Å². The van der Waals surface area contributed by atoms with Gasteiger partial charge >= 0.3 is 5.97 Å². The molecule has 120 valence electrons. The summed E-state index contributed by atoms with van der Waals surface area (Å²) in [7, 11) is 0. The zero-order valence-corrected chi connectivity index (χ0v) is 13.2. The highest BCUT2D eigenvalue weighted by molar-refractivity contribution is 7.15. The fourth-order valence-corrected chi connectivity index (χ4v) is 4.01. The van der Waals surface area contributed by atoms with E-state index in [4.69, 9.17) is 0 Å². The minimum absolute atomic E-state index is 0.0884. The molecule has 0 bridgehead atoms. The largest absolute Gasteiger partial charge is 0.480 e. The Kier molecular flexibility index (Phi) is 4.40. The van der Waals surface area contributed by atoms with E-state index in [0.717, 1.165) is 22.7 Å². The molecule has 1 atom stereocenters. The van der Waals surface area contributed by atoms with E-state index < -0.39 is 12.0 Å². The Morgan fingerprint density at radius 3 is 2.87 bits per heavy atom. The van der Waals surface area contributed by atoms with E-state index in [-0.39, 0.29) is 10.6 Å². The van der Waals surface area contributed by atoms with E-state index in [1.54, 1.807) is 18.2 Å². The first-order valence-corrected chi connectivity index (χ1v) is 8.17. The molecule has 0 spiro atoms. The number of likely N-dealkylation sites (tertiary alicyclic amines) is 1. The van der Waals surface area contributed by atoms with Crippen molar-refractivity contribution in [1.82, 2.24) is 4.90 Å². The summed E-state index contributed by atoms with van der Waals surface area (Å²) in [6, 6.07) is 10.0. The molecule has 1 aromatic heterocycles. The Bertz CT molecular complexity index is 743. The predicted molar refractivity (Wildman–Crippen MR) is 87.5 cm³/mol. The maximum atomic E-state index is 11.2. The molecule has 1 saturated heterocycles. The van der Waals surface area contributed by atoms with Crippen LogP contribution in [0.2, 0.25) is 0 Å².